The summed E-state index contributed by atoms with van der Waals surface area (Å²) in [6, 6.07) is 0. The molecule has 88 valence electrons. The van der Waals surface area contributed by atoms with Crippen molar-refractivity contribution >= 4 is 22.9 Å². The van der Waals surface area contributed by atoms with E-state index in [9.17, 15) is 0 Å². The molecule has 0 aliphatic carbocycles. The third kappa shape index (κ3) is 3.07. The monoisotopic (exact) mass is 322 g/mol. The molecule has 0 aromatic carbocycles. The lowest BCUT2D eigenvalue weighted by molar-refractivity contribution is 0.164. The first kappa shape index (κ1) is 12.1. The molecule has 0 unspecified atom stereocenters. The van der Waals surface area contributed by atoms with Crippen molar-refractivity contribution in [1.29, 1.82) is 0 Å². The molecule has 2 heterocycles. The summed E-state index contributed by atoms with van der Waals surface area (Å²) in [5.74, 6) is 0.824. The molecule has 0 saturated carbocycles. The van der Waals surface area contributed by atoms with E-state index >= 15 is 0 Å². The Kier molecular flexibility index (Phi) is 3.94. The molecule has 0 aromatic heterocycles. The van der Waals surface area contributed by atoms with Gasteiger partial charge in [-0.2, -0.15) is 0 Å². The van der Waals surface area contributed by atoms with Gasteiger partial charge in [-0.1, -0.05) is 13.8 Å². The smallest absolute Gasteiger partial charge is 0.0201 e. The molecule has 0 radical (unpaired) electrons. The first-order valence-electron chi connectivity index (χ1n) is 6.23. The van der Waals surface area contributed by atoms with Crippen molar-refractivity contribution in [3.8, 4) is 0 Å². The van der Waals surface area contributed by atoms with E-state index in [1.54, 1.807) is 0 Å². The lowest BCUT2D eigenvalue weighted by atomic mass is 9.78. The standard InChI is InChI=1S/C12H23IN2/c1-11(2)9-14-6-3-12(10-14)4-7-15(13)8-5-12/h11H,3-10H2,1-2H3. The maximum Gasteiger partial charge on any atom is 0.0201 e. The SMILES string of the molecule is CC(C)CN1CCC2(CCN(I)CC2)C1. The molecule has 0 N–H and O–H groups in total. The first-order valence-corrected chi connectivity index (χ1v) is 7.19. The Hall–Kier alpha value is 0.650. The number of halogens is 1. The molecule has 0 amide bonds. The Morgan fingerprint density at radius 2 is 1.73 bits per heavy atom. The highest BCUT2D eigenvalue weighted by Gasteiger charge is 2.39. The molecule has 15 heavy (non-hydrogen) atoms. The second-order valence-electron chi connectivity index (χ2n) is 5.79. The van der Waals surface area contributed by atoms with E-state index in [1.807, 2.05) is 0 Å². The summed E-state index contributed by atoms with van der Waals surface area (Å²) < 4.78 is 2.45. The fourth-order valence-corrected chi connectivity index (χ4v) is 3.54. The molecule has 2 aliphatic rings. The maximum atomic E-state index is 2.69. The van der Waals surface area contributed by atoms with Crippen molar-refractivity contribution in [1.82, 2.24) is 8.01 Å². The van der Waals surface area contributed by atoms with E-state index in [-0.39, 0.29) is 0 Å². The van der Waals surface area contributed by atoms with Gasteiger partial charge in [-0.05, 0) is 37.1 Å². The van der Waals surface area contributed by atoms with Crippen molar-refractivity contribution in [2.75, 3.05) is 32.7 Å². The van der Waals surface area contributed by atoms with E-state index in [0.717, 1.165) is 5.92 Å². The van der Waals surface area contributed by atoms with Gasteiger partial charge in [0.1, 0.15) is 0 Å². The summed E-state index contributed by atoms with van der Waals surface area (Å²) in [6.45, 7) is 11.3. The molecule has 1 spiro atoms. The molecule has 2 saturated heterocycles. The normalized spacial score (nSPS) is 28.0. The van der Waals surface area contributed by atoms with Crippen LogP contribution in [0.15, 0.2) is 0 Å². The van der Waals surface area contributed by atoms with Gasteiger partial charge < -0.3 is 4.90 Å². The van der Waals surface area contributed by atoms with Crippen molar-refractivity contribution in [2.45, 2.75) is 33.1 Å². The Labute approximate surface area is 108 Å². The van der Waals surface area contributed by atoms with E-state index < -0.39 is 0 Å². The molecular weight excluding hydrogens is 299 g/mol. The van der Waals surface area contributed by atoms with Crippen LogP contribution in [0, 0.1) is 11.3 Å². The van der Waals surface area contributed by atoms with Crippen LogP contribution in [0.4, 0.5) is 0 Å². The van der Waals surface area contributed by atoms with Crippen molar-refractivity contribution < 1.29 is 0 Å². The predicted octanol–water partition coefficient (Wildman–Crippen LogP) is 2.78. The van der Waals surface area contributed by atoms with Crippen molar-refractivity contribution in [3.05, 3.63) is 0 Å². The van der Waals surface area contributed by atoms with Gasteiger partial charge in [0.15, 0.2) is 0 Å². The van der Waals surface area contributed by atoms with Crippen LogP contribution in [0.5, 0.6) is 0 Å². The first-order chi connectivity index (χ1) is 7.10. The summed E-state index contributed by atoms with van der Waals surface area (Å²) in [6.07, 6.45) is 4.29. The summed E-state index contributed by atoms with van der Waals surface area (Å²) in [5, 5.41) is 0. The van der Waals surface area contributed by atoms with Gasteiger partial charge in [-0.15, -0.1) is 0 Å². The molecule has 2 fully saturated rings. The summed E-state index contributed by atoms with van der Waals surface area (Å²) in [4.78, 5) is 2.69. The Balaban J connectivity index is 1.85. The van der Waals surface area contributed by atoms with Crippen LogP contribution in [-0.4, -0.2) is 40.7 Å². The quantitative estimate of drug-likeness (QED) is 0.570. The van der Waals surface area contributed by atoms with Crippen LogP contribution in [-0.2, 0) is 0 Å². The third-order valence-electron chi connectivity index (χ3n) is 3.91. The Morgan fingerprint density at radius 3 is 2.33 bits per heavy atom. The predicted molar refractivity (Wildman–Crippen MR) is 73.2 cm³/mol. The largest absolute Gasteiger partial charge is 0.303 e. The topological polar surface area (TPSA) is 6.48 Å². The molecule has 0 bridgehead atoms. The molecule has 2 nitrogen and oxygen atoms in total. The number of hydrogen-bond donors (Lipinski definition) is 0. The highest BCUT2D eigenvalue weighted by molar-refractivity contribution is 14.1. The van der Waals surface area contributed by atoms with Gasteiger partial charge in [0.2, 0.25) is 0 Å². The van der Waals surface area contributed by atoms with Crippen molar-refractivity contribution in [2.24, 2.45) is 11.3 Å². The molecule has 2 rings (SSSR count). The average molecular weight is 322 g/mol. The van der Waals surface area contributed by atoms with Gasteiger partial charge in [-0.3, -0.25) is 0 Å². The average Bonchev–Trinajstić information content (AvgIpc) is 2.54. The number of likely N-dealkylation sites (tertiary alicyclic amines) is 1. The van der Waals surface area contributed by atoms with E-state index in [2.05, 4.69) is 44.7 Å². The van der Waals surface area contributed by atoms with E-state index in [0.29, 0.717) is 5.41 Å². The van der Waals surface area contributed by atoms with Gasteiger partial charge in [0, 0.05) is 49.0 Å². The highest BCUT2D eigenvalue weighted by Crippen LogP contribution is 2.41. The van der Waals surface area contributed by atoms with Gasteiger partial charge in [0.05, 0.1) is 0 Å². The lowest BCUT2D eigenvalue weighted by Crippen LogP contribution is -2.38. The van der Waals surface area contributed by atoms with Crippen LogP contribution in [0.2, 0.25) is 0 Å². The summed E-state index contributed by atoms with van der Waals surface area (Å²) in [5.41, 5.74) is 0.691. The molecular formula is C12H23IN2. The fraction of sp³-hybridized carbons (Fsp3) is 1.00. The number of nitrogens with zero attached hydrogens (tertiary/aromatic N) is 2. The lowest BCUT2D eigenvalue weighted by Gasteiger charge is -2.37. The minimum Gasteiger partial charge on any atom is -0.303 e. The third-order valence-corrected chi connectivity index (χ3v) is 4.88. The zero-order valence-corrected chi connectivity index (χ0v) is 12.2. The van der Waals surface area contributed by atoms with Crippen LogP contribution in [0.3, 0.4) is 0 Å². The second-order valence-corrected chi connectivity index (χ2v) is 7.15. The fourth-order valence-electron chi connectivity index (χ4n) is 3.06. The van der Waals surface area contributed by atoms with Crippen molar-refractivity contribution in [3.63, 3.8) is 0 Å². The number of hydrogen-bond acceptors (Lipinski definition) is 2. The van der Waals surface area contributed by atoms with Crippen LogP contribution >= 0.6 is 22.9 Å². The second kappa shape index (κ2) is 4.88. The Morgan fingerprint density at radius 1 is 1.13 bits per heavy atom. The van der Waals surface area contributed by atoms with E-state index in [4.69, 9.17) is 0 Å². The zero-order chi connectivity index (χ0) is 10.9. The summed E-state index contributed by atoms with van der Waals surface area (Å²) in [7, 11) is 0. The minimum absolute atomic E-state index is 0.691. The summed E-state index contributed by atoms with van der Waals surface area (Å²) >= 11 is 2.47. The maximum absolute atomic E-state index is 2.69. The number of rotatable bonds is 2. The van der Waals surface area contributed by atoms with Gasteiger partial charge in [-0.25, -0.2) is 3.11 Å². The van der Waals surface area contributed by atoms with Crippen LogP contribution in [0.25, 0.3) is 0 Å². The number of piperidine rings is 1. The molecule has 0 atom stereocenters. The zero-order valence-electron chi connectivity index (χ0n) is 10.0. The van der Waals surface area contributed by atoms with Gasteiger partial charge >= 0.3 is 0 Å². The highest BCUT2D eigenvalue weighted by atomic mass is 127. The van der Waals surface area contributed by atoms with E-state index in [1.165, 1.54) is 52.0 Å². The minimum atomic E-state index is 0.691. The molecule has 0 aromatic rings. The van der Waals surface area contributed by atoms with Crippen LogP contribution < -0.4 is 0 Å². The molecule has 2 aliphatic heterocycles. The Bertz CT molecular complexity index is 210. The van der Waals surface area contributed by atoms with Gasteiger partial charge in [0.25, 0.3) is 0 Å². The molecule has 3 heteroatoms. The van der Waals surface area contributed by atoms with Crippen LogP contribution in [0.1, 0.15) is 33.1 Å².